The summed E-state index contributed by atoms with van der Waals surface area (Å²) in [6.45, 7) is 3.74. The summed E-state index contributed by atoms with van der Waals surface area (Å²) in [6.07, 6.45) is 5.49. The van der Waals surface area contributed by atoms with Crippen LogP contribution < -0.4 is 16.4 Å². The molecule has 1 saturated carbocycles. The number of carbonyl (C=O) groups is 2. The van der Waals surface area contributed by atoms with Crippen molar-refractivity contribution in [1.82, 2.24) is 15.1 Å². The topological polar surface area (TPSA) is 102 Å². The van der Waals surface area contributed by atoms with E-state index in [9.17, 15) is 9.59 Å². The van der Waals surface area contributed by atoms with Gasteiger partial charge >= 0.3 is 0 Å². The number of amides is 2. The summed E-state index contributed by atoms with van der Waals surface area (Å²) >= 11 is 0. The fraction of sp³-hybridized carbons (Fsp3) is 0.615. The van der Waals surface area contributed by atoms with E-state index < -0.39 is 5.54 Å². The molecule has 0 saturated heterocycles. The molecule has 110 valence electrons. The van der Waals surface area contributed by atoms with E-state index in [1.165, 1.54) is 10.9 Å². The van der Waals surface area contributed by atoms with Crippen molar-refractivity contribution in [3.63, 3.8) is 0 Å². The van der Waals surface area contributed by atoms with E-state index in [2.05, 4.69) is 15.7 Å². The lowest BCUT2D eigenvalue weighted by molar-refractivity contribution is -0.122. The fourth-order valence-electron chi connectivity index (χ4n) is 1.78. The second kappa shape index (κ2) is 5.62. The quantitative estimate of drug-likeness (QED) is 0.693. The first-order valence-electron chi connectivity index (χ1n) is 6.72. The Kier molecular flexibility index (Phi) is 4.08. The molecule has 0 spiro atoms. The highest BCUT2D eigenvalue weighted by molar-refractivity contribution is 5.91. The van der Waals surface area contributed by atoms with Crippen LogP contribution in [0.4, 0.5) is 5.69 Å². The summed E-state index contributed by atoms with van der Waals surface area (Å²) in [5, 5.41) is 9.63. The first-order valence-corrected chi connectivity index (χ1v) is 6.72. The Balaban J connectivity index is 1.82. The van der Waals surface area contributed by atoms with Gasteiger partial charge in [-0.05, 0) is 26.7 Å². The molecule has 2 rings (SSSR count). The first kappa shape index (κ1) is 14.5. The van der Waals surface area contributed by atoms with E-state index in [1.54, 1.807) is 20.0 Å². The van der Waals surface area contributed by atoms with Gasteiger partial charge in [-0.15, -0.1) is 0 Å². The zero-order chi connectivity index (χ0) is 14.8. The molecule has 1 aromatic heterocycles. The van der Waals surface area contributed by atoms with Crippen LogP contribution >= 0.6 is 0 Å². The molecule has 0 unspecified atom stereocenters. The Bertz CT molecular complexity index is 499. The number of nitrogens with two attached hydrogens (primary N) is 1. The van der Waals surface area contributed by atoms with Crippen LogP contribution in [-0.2, 0) is 16.1 Å². The van der Waals surface area contributed by atoms with E-state index in [0.29, 0.717) is 11.7 Å². The Hall–Kier alpha value is -1.89. The minimum atomic E-state index is -0.551. The van der Waals surface area contributed by atoms with Crippen molar-refractivity contribution in [3.8, 4) is 0 Å². The molecule has 2 amide bonds. The number of rotatable bonds is 6. The minimum Gasteiger partial charge on any atom is -0.352 e. The molecular formula is C13H21N5O2. The van der Waals surface area contributed by atoms with Crippen molar-refractivity contribution in [2.24, 2.45) is 5.73 Å². The van der Waals surface area contributed by atoms with Gasteiger partial charge in [0.25, 0.3) is 0 Å². The van der Waals surface area contributed by atoms with Gasteiger partial charge in [-0.1, -0.05) is 0 Å². The van der Waals surface area contributed by atoms with E-state index in [1.807, 2.05) is 0 Å². The molecule has 0 bridgehead atoms. The molecule has 4 N–H and O–H groups in total. The molecule has 1 aliphatic carbocycles. The van der Waals surface area contributed by atoms with E-state index in [-0.39, 0.29) is 24.8 Å². The average Bonchev–Trinajstić information content (AvgIpc) is 2.97. The Labute approximate surface area is 117 Å². The summed E-state index contributed by atoms with van der Waals surface area (Å²) in [5.74, 6) is -0.226. The van der Waals surface area contributed by atoms with E-state index in [0.717, 1.165) is 12.8 Å². The predicted molar refractivity (Wildman–Crippen MR) is 74.9 cm³/mol. The first-order chi connectivity index (χ1) is 9.32. The van der Waals surface area contributed by atoms with Crippen molar-refractivity contribution in [2.45, 2.75) is 51.2 Å². The Morgan fingerprint density at radius 3 is 2.75 bits per heavy atom. The number of nitrogens with zero attached hydrogens (tertiary/aromatic N) is 2. The molecule has 1 aliphatic rings. The van der Waals surface area contributed by atoms with Gasteiger partial charge in [-0.25, -0.2) is 0 Å². The second-order valence-corrected chi connectivity index (χ2v) is 5.98. The number of hydrogen-bond acceptors (Lipinski definition) is 4. The molecule has 0 atom stereocenters. The lowest BCUT2D eigenvalue weighted by atomic mass is 10.0. The Morgan fingerprint density at radius 1 is 1.45 bits per heavy atom. The van der Waals surface area contributed by atoms with Crippen LogP contribution in [0.2, 0.25) is 0 Å². The Morgan fingerprint density at radius 2 is 2.15 bits per heavy atom. The van der Waals surface area contributed by atoms with Crippen LogP contribution in [0.5, 0.6) is 0 Å². The third-order valence-electron chi connectivity index (χ3n) is 2.78. The highest BCUT2D eigenvalue weighted by Crippen LogP contribution is 2.18. The molecule has 0 aliphatic heterocycles. The highest BCUT2D eigenvalue weighted by Gasteiger charge is 2.23. The van der Waals surface area contributed by atoms with Crippen LogP contribution in [0.15, 0.2) is 12.4 Å². The lowest BCUT2D eigenvalue weighted by Gasteiger charge is -2.16. The van der Waals surface area contributed by atoms with Crippen LogP contribution in [0.3, 0.4) is 0 Å². The van der Waals surface area contributed by atoms with Gasteiger partial charge in [0.05, 0.1) is 11.9 Å². The standard InChI is InChI=1S/C13H21N5O2/c1-13(2,14)5-11(19)17-10-6-15-18(7-10)8-12(20)16-9-3-4-9/h6-7,9H,3-5,8,14H2,1-2H3,(H,16,20)(H,17,19). The van der Waals surface area contributed by atoms with Gasteiger partial charge in [-0.3, -0.25) is 14.3 Å². The largest absolute Gasteiger partial charge is 0.352 e. The number of nitrogens with one attached hydrogen (secondary N) is 2. The maximum atomic E-state index is 11.7. The molecule has 0 radical (unpaired) electrons. The van der Waals surface area contributed by atoms with Gasteiger partial charge in [0, 0.05) is 24.2 Å². The van der Waals surface area contributed by atoms with Crippen LogP contribution in [0.1, 0.15) is 33.1 Å². The number of aromatic nitrogens is 2. The van der Waals surface area contributed by atoms with Crippen LogP contribution in [-0.4, -0.2) is 33.2 Å². The van der Waals surface area contributed by atoms with Crippen molar-refractivity contribution >= 4 is 17.5 Å². The van der Waals surface area contributed by atoms with Crippen LogP contribution in [0, 0.1) is 0 Å². The summed E-state index contributed by atoms with van der Waals surface area (Å²) in [5.41, 5.74) is 5.80. The summed E-state index contributed by atoms with van der Waals surface area (Å²) < 4.78 is 1.50. The molecule has 1 fully saturated rings. The van der Waals surface area contributed by atoms with Crippen molar-refractivity contribution < 1.29 is 9.59 Å². The van der Waals surface area contributed by atoms with E-state index in [4.69, 9.17) is 5.73 Å². The fourth-order valence-corrected chi connectivity index (χ4v) is 1.78. The summed E-state index contributed by atoms with van der Waals surface area (Å²) in [6, 6.07) is 0.337. The van der Waals surface area contributed by atoms with Gasteiger partial charge in [0.1, 0.15) is 6.54 Å². The number of hydrogen-bond donors (Lipinski definition) is 3. The molecule has 1 aromatic rings. The number of anilines is 1. The third-order valence-corrected chi connectivity index (χ3v) is 2.78. The van der Waals surface area contributed by atoms with E-state index >= 15 is 0 Å². The SMILES string of the molecule is CC(C)(N)CC(=O)Nc1cnn(CC(=O)NC2CC2)c1. The normalized spacial score (nSPS) is 14.9. The maximum absolute atomic E-state index is 11.7. The van der Waals surface area contributed by atoms with Crippen molar-refractivity contribution in [2.75, 3.05) is 5.32 Å². The molecule has 20 heavy (non-hydrogen) atoms. The second-order valence-electron chi connectivity index (χ2n) is 5.98. The maximum Gasteiger partial charge on any atom is 0.241 e. The molecular weight excluding hydrogens is 258 g/mol. The number of carbonyl (C=O) groups excluding carboxylic acids is 2. The van der Waals surface area contributed by atoms with Crippen molar-refractivity contribution in [3.05, 3.63) is 12.4 Å². The minimum absolute atomic E-state index is 0.0587. The molecule has 7 heteroatoms. The smallest absolute Gasteiger partial charge is 0.241 e. The molecule has 0 aromatic carbocycles. The van der Waals surface area contributed by atoms with Gasteiger partial charge in [-0.2, -0.15) is 5.10 Å². The lowest BCUT2D eigenvalue weighted by Crippen LogP contribution is -2.36. The predicted octanol–water partition coefficient (Wildman–Crippen LogP) is 0.228. The zero-order valence-electron chi connectivity index (χ0n) is 11.8. The van der Waals surface area contributed by atoms with Gasteiger partial charge in [0.2, 0.25) is 11.8 Å². The van der Waals surface area contributed by atoms with Gasteiger partial charge < -0.3 is 16.4 Å². The van der Waals surface area contributed by atoms with Crippen LogP contribution in [0.25, 0.3) is 0 Å². The monoisotopic (exact) mass is 279 g/mol. The summed E-state index contributed by atoms with van der Waals surface area (Å²) in [7, 11) is 0. The highest BCUT2D eigenvalue weighted by atomic mass is 16.2. The third kappa shape index (κ3) is 5.00. The summed E-state index contributed by atoms with van der Waals surface area (Å²) in [4.78, 5) is 23.3. The molecule has 1 heterocycles. The van der Waals surface area contributed by atoms with Crippen molar-refractivity contribution in [1.29, 1.82) is 0 Å². The average molecular weight is 279 g/mol. The van der Waals surface area contributed by atoms with Gasteiger partial charge in [0.15, 0.2) is 0 Å². The molecule has 7 nitrogen and oxygen atoms in total. The zero-order valence-corrected chi connectivity index (χ0v) is 11.8.